The van der Waals surface area contributed by atoms with E-state index in [0.717, 1.165) is 53.7 Å². The highest BCUT2D eigenvalue weighted by Crippen LogP contribution is 2.36. The lowest BCUT2D eigenvalue weighted by Crippen LogP contribution is -2.46. The van der Waals surface area contributed by atoms with Crippen LogP contribution in [0.5, 0.6) is 0 Å². The zero-order valence-electron chi connectivity index (χ0n) is 20.4. The van der Waals surface area contributed by atoms with Crippen LogP contribution in [0.25, 0.3) is 10.9 Å². The molecule has 4 aromatic rings. The Morgan fingerprint density at radius 1 is 1.14 bits per heavy atom. The predicted octanol–water partition coefficient (Wildman–Crippen LogP) is 4.06. The van der Waals surface area contributed by atoms with Crippen molar-refractivity contribution in [2.45, 2.75) is 44.7 Å². The summed E-state index contributed by atoms with van der Waals surface area (Å²) in [4.78, 5) is 44.8. The van der Waals surface area contributed by atoms with Crippen molar-refractivity contribution >= 4 is 51.5 Å². The molecule has 1 aliphatic rings. The van der Waals surface area contributed by atoms with E-state index in [1.165, 1.54) is 4.90 Å². The minimum atomic E-state index is -1.01. The minimum Gasteiger partial charge on any atom is -0.395 e. The second kappa shape index (κ2) is 10.1. The molecule has 10 heteroatoms. The van der Waals surface area contributed by atoms with Crippen molar-refractivity contribution in [3.63, 3.8) is 0 Å². The molecule has 3 amide bonds. The summed E-state index contributed by atoms with van der Waals surface area (Å²) in [5.41, 5.74) is 14.3. The SMILES string of the molecule is Cc1cccc(N(C(=O)c2snc(C(N)=O)c2N)C(C(=O)NC2CCCC2)c2c[nH]c3ccccc23)c1. The number of rotatable bonds is 7. The Labute approximate surface area is 218 Å². The fourth-order valence-corrected chi connectivity index (χ4v) is 5.71. The maximum Gasteiger partial charge on any atom is 0.273 e. The van der Waals surface area contributed by atoms with E-state index in [4.69, 9.17) is 11.5 Å². The van der Waals surface area contributed by atoms with E-state index in [-0.39, 0.29) is 28.2 Å². The number of para-hydroxylation sites is 1. The van der Waals surface area contributed by atoms with Crippen LogP contribution in [-0.4, -0.2) is 33.1 Å². The second-order valence-electron chi connectivity index (χ2n) is 9.33. The Balaban J connectivity index is 1.69. The molecule has 190 valence electrons. The average molecular weight is 517 g/mol. The van der Waals surface area contributed by atoms with Gasteiger partial charge >= 0.3 is 0 Å². The lowest BCUT2D eigenvalue weighted by Gasteiger charge is -2.32. The predicted molar refractivity (Wildman–Crippen MR) is 144 cm³/mol. The van der Waals surface area contributed by atoms with Gasteiger partial charge in [-0.3, -0.25) is 19.3 Å². The van der Waals surface area contributed by atoms with Crippen molar-refractivity contribution in [1.82, 2.24) is 14.7 Å². The summed E-state index contributed by atoms with van der Waals surface area (Å²) in [5, 5.41) is 4.01. The normalized spacial score (nSPS) is 14.5. The molecule has 1 fully saturated rings. The molecular formula is C27H28N6O3S. The number of fused-ring (bicyclic) bond motifs is 1. The molecule has 0 spiro atoms. The lowest BCUT2D eigenvalue weighted by atomic mass is 10.0. The van der Waals surface area contributed by atoms with Crippen LogP contribution >= 0.6 is 11.5 Å². The van der Waals surface area contributed by atoms with Crippen molar-refractivity contribution in [3.8, 4) is 0 Å². The molecule has 0 aliphatic heterocycles. The summed E-state index contributed by atoms with van der Waals surface area (Å²) in [6.07, 6.45) is 5.67. The van der Waals surface area contributed by atoms with Gasteiger partial charge in [-0.25, -0.2) is 0 Å². The van der Waals surface area contributed by atoms with Gasteiger partial charge in [-0.15, -0.1) is 0 Å². The van der Waals surface area contributed by atoms with Gasteiger partial charge in [0.25, 0.3) is 11.8 Å². The zero-order chi connectivity index (χ0) is 26.1. The molecule has 2 aromatic carbocycles. The summed E-state index contributed by atoms with van der Waals surface area (Å²) in [6, 6.07) is 14.0. The van der Waals surface area contributed by atoms with Crippen LogP contribution < -0.4 is 21.7 Å². The summed E-state index contributed by atoms with van der Waals surface area (Å²) >= 11 is 0.796. The molecule has 2 aromatic heterocycles. The number of aromatic nitrogens is 2. The Hall–Kier alpha value is -4.18. The molecule has 0 saturated heterocycles. The first kappa shape index (κ1) is 24.5. The highest BCUT2D eigenvalue weighted by atomic mass is 32.1. The minimum absolute atomic E-state index is 0.0459. The zero-order valence-corrected chi connectivity index (χ0v) is 21.2. The standard InChI is InChI=1S/C27H28N6O3S/c1-15-7-6-10-17(13-15)33(27(36)24-21(28)22(25(29)34)32-37-24)23(26(35)31-16-8-2-3-9-16)19-14-30-20-12-5-4-11-18(19)20/h4-7,10-14,16,23,30H,2-3,8-9,28H2,1H3,(H2,29,34)(H,31,35). The summed E-state index contributed by atoms with van der Waals surface area (Å²) < 4.78 is 4.02. The molecule has 6 N–H and O–H groups in total. The number of carbonyl (C=O) groups is 3. The first-order valence-electron chi connectivity index (χ1n) is 12.2. The van der Waals surface area contributed by atoms with Crippen molar-refractivity contribution < 1.29 is 14.4 Å². The van der Waals surface area contributed by atoms with E-state index in [9.17, 15) is 14.4 Å². The van der Waals surface area contributed by atoms with Gasteiger partial charge in [0.2, 0.25) is 5.91 Å². The van der Waals surface area contributed by atoms with Crippen LogP contribution in [0.2, 0.25) is 0 Å². The molecule has 5 rings (SSSR count). The molecular weight excluding hydrogens is 488 g/mol. The van der Waals surface area contributed by atoms with E-state index in [2.05, 4.69) is 14.7 Å². The van der Waals surface area contributed by atoms with Crippen molar-refractivity contribution in [2.24, 2.45) is 5.73 Å². The molecule has 0 radical (unpaired) electrons. The van der Waals surface area contributed by atoms with E-state index in [1.54, 1.807) is 12.3 Å². The molecule has 1 atom stereocenters. The topological polar surface area (TPSA) is 147 Å². The molecule has 1 unspecified atom stereocenters. The van der Waals surface area contributed by atoms with Gasteiger partial charge in [-0.2, -0.15) is 4.37 Å². The number of H-pyrrole nitrogens is 1. The van der Waals surface area contributed by atoms with Crippen LogP contribution in [0.4, 0.5) is 11.4 Å². The fourth-order valence-electron chi connectivity index (χ4n) is 4.97. The van der Waals surface area contributed by atoms with E-state index < -0.39 is 17.9 Å². The van der Waals surface area contributed by atoms with Crippen LogP contribution in [0.1, 0.15) is 63.0 Å². The number of primary amides is 1. The number of hydrogen-bond donors (Lipinski definition) is 4. The summed E-state index contributed by atoms with van der Waals surface area (Å²) in [5.74, 6) is -1.64. The van der Waals surface area contributed by atoms with Crippen molar-refractivity contribution in [1.29, 1.82) is 0 Å². The third-order valence-electron chi connectivity index (χ3n) is 6.78. The molecule has 0 bridgehead atoms. The largest absolute Gasteiger partial charge is 0.395 e. The highest BCUT2D eigenvalue weighted by Gasteiger charge is 2.38. The maximum atomic E-state index is 14.2. The quantitative estimate of drug-likeness (QED) is 0.292. The molecule has 37 heavy (non-hydrogen) atoms. The Kier molecular flexibility index (Phi) is 6.66. The fraction of sp³-hybridized carbons (Fsp3) is 0.259. The highest BCUT2D eigenvalue weighted by molar-refractivity contribution is 7.09. The first-order valence-corrected chi connectivity index (χ1v) is 12.9. The summed E-state index contributed by atoms with van der Waals surface area (Å²) in [7, 11) is 0. The number of nitrogens with two attached hydrogens (primary N) is 2. The van der Waals surface area contributed by atoms with Gasteiger partial charge in [0.1, 0.15) is 10.9 Å². The van der Waals surface area contributed by atoms with Crippen molar-refractivity contribution in [3.05, 3.63) is 76.4 Å². The molecule has 2 heterocycles. The summed E-state index contributed by atoms with van der Waals surface area (Å²) in [6.45, 7) is 1.91. The molecule has 1 aliphatic carbocycles. The Morgan fingerprint density at radius 2 is 1.89 bits per heavy atom. The Bertz CT molecular complexity index is 1490. The van der Waals surface area contributed by atoms with Crippen LogP contribution in [-0.2, 0) is 4.79 Å². The number of hydrogen-bond acceptors (Lipinski definition) is 6. The van der Waals surface area contributed by atoms with E-state index in [1.807, 2.05) is 49.4 Å². The Morgan fingerprint density at radius 3 is 2.59 bits per heavy atom. The average Bonchev–Trinajstić information content (AvgIpc) is 3.62. The number of nitrogens with one attached hydrogen (secondary N) is 2. The molecule has 1 saturated carbocycles. The van der Waals surface area contributed by atoms with Gasteiger partial charge in [-0.05, 0) is 55.1 Å². The van der Waals surface area contributed by atoms with Crippen LogP contribution in [0.15, 0.2) is 54.7 Å². The van der Waals surface area contributed by atoms with Gasteiger partial charge in [0.05, 0.1) is 5.69 Å². The number of nitrogen functional groups attached to an aromatic ring is 1. The van der Waals surface area contributed by atoms with Gasteiger partial charge in [-0.1, -0.05) is 43.2 Å². The monoisotopic (exact) mass is 516 g/mol. The number of aryl methyl sites for hydroxylation is 1. The number of amides is 3. The number of aromatic amines is 1. The van der Waals surface area contributed by atoms with Crippen molar-refractivity contribution in [2.75, 3.05) is 10.6 Å². The number of nitrogens with zero attached hydrogens (tertiary/aromatic N) is 2. The van der Waals surface area contributed by atoms with Gasteiger partial charge in [0.15, 0.2) is 5.69 Å². The van der Waals surface area contributed by atoms with Gasteiger partial charge in [0, 0.05) is 34.4 Å². The van der Waals surface area contributed by atoms with Crippen LogP contribution in [0, 0.1) is 6.92 Å². The maximum absolute atomic E-state index is 14.2. The lowest BCUT2D eigenvalue weighted by molar-refractivity contribution is -0.123. The van der Waals surface area contributed by atoms with E-state index in [0.29, 0.717) is 11.3 Å². The smallest absolute Gasteiger partial charge is 0.273 e. The van der Waals surface area contributed by atoms with Gasteiger partial charge < -0.3 is 21.8 Å². The number of benzene rings is 2. The van der Waals surface area contributed by atoms with Crippen LogP contribution in [0.3, 0.4) is 0 Å². The first-order chi connectivity index (χ1) is 17.8. The number of anilines is 2. The second-order valence-corrected chi connectivity index (χ2v) is 10.1. The number of carbonyl (C=O) groups excluding carboxylic acids is 3. The molecule has 9 nitrogen and oxygen atoms in total. The third kappa shape index (κ3) is 4.67. The van der Waals surface area contributed by atoms with E-state index >= 15 is 0 Å². The third-order valence-corrected chi connectivity index (χ3v) is 7.63.